The maximum Gasteiger partial charge on any atom is 0.324 e. The normalized spacial score (nSPS) is 37.0. The molecule has 2 aliphatic rings. The van der Waals surface area contributed by atoms with Crippen LogP contribution in [0.15, 0.2) is 12.2 Å². The van der Waals surface area contributed by atoms with E-state index in [2.05, 4.69) is 24.0 Å². The van der Waals surface area contributed by atoms with Gasteiger partial charge in [0.15, 0.2) is 0 Å². The first kappa shape index (κ1) is 10.7. The summed E-state index contributed by atoms with van der Waals surface area (Å²) >= 11 is 0. The van der Waals surface area contributed by atoms with Crippen molar-refractivity contribution in [3.63, 3.8) is 0 Å². The quantitative estimate of drug-likeness (QED) is 0.706. The van der Waals surface area contributed by atoms with E-state index < -0.39 is 11.5 Å². The second-order valence-corrected chi connectivity index (χ2v) is 4.91. The molecule has 2 atom stereocenters. The van der Waals surface area contributed by atoms with Crippen molar-refractivity contribution in [3.8, 4) is 0 Å². The van der Waals surface area contributed by atoms with Gasteiger partial charge in [0.2, 0.25) is 0 Å². The number of aliphatic carboxylic acids is 1. The molecule has 1 saturated carbocycles. The summed E-state index contributed by atoms with van der Waals surface area (Å²) in [5.41, 5.74) is -0.582. The Kier molecular flexibility index (Phi) is 2.83. The fourth-order valence-electron chi connectivity index (χ4n) is 2.97. The van der Waals surface area contributed by atoms with Crippen molar-refractivity contribution in [2.24, 2.45) is 5.92 Å². The van der Waals surface area contributed by atoms with E-state index in [4.69, 9.17) is 0 Å². The lowest BCUT2D eigenvalue weighted by atomic mass is 9.75. The molecule has 3 nitrogen and oxygen atoms in total. The summed E-state index contributed by atoms with van der Waals surface area (Å²) in [6.45, 7) is 3.78. The third kappa shape index (κ3) is 1.81. The predicted molar refractivity (Wildman–Crippen MR) is 58.7 cm³/mol. The minimum atomic E-state index is -0.627. The van der Waals surface area contributed by atoms with E-state index in [1.165, 1.54) is 6.42 Å². The summed E-state index contributed by atoms with van der Waals surface area (Å²) in [5, 5.41) is 9.50. The van der Waals surface area contributed by atoms with Gasteiger partial charge >= 0.3 is 5.97 Å². The molecule has 0 radical (unpaired) electrons. The molecule has 3 heteroatoms. The van der Waals surface area contributed by atoms with Gasteiger partial charge in [-0.3, -0.25) is 9.69 Å². The molecule has 1 fully saturated rings. The number of rotatable bonds is 2. The number of hydrogen-bond acceptors (Lipinski definition) is 2. The first-order chi connectivity index (χ1) is 7.15. The number of nitrogens with zero attached hydrogens (tertiary/aromatic N) is 1. The van der Waals surface area contributed by atoms with Crippen molar-refractivity contribution in [3.05, 3.63) is 12.2 Å². The second kappa shape index (κ2) is 3.97. The van der Waals surface area contributed by atoms with Crippen LogP contribution < -0.4 is 0 Å². The van der Waals surface area contributed by atoms with Gasteiger partial charge in [-0.2, -0.15) is 0 Å². The molecular formula is C12H19NO2. The van der Waals surface area contributed by atoms with Crippen LogP contribution in [0.3, 0.4) is 0 Å². The molecule has 0 saturated heterocycles. The van der Waals surface area contributed by atoms with Crippen LogP contribution in [0, 0.1) is 5.92 Å². The van der Waals surface area contributed by atoms with Crippen molar-refractivity contribution in [2.45, 2.75) is 38.1 Å². The highest BCUT2D eigenvalue weighted by molar-refractivity contribution is 5.79. The standard InChI is InChI=1S/C12H19NO2/c1-10-5-4-6-12(9-10,11(14)15)13-7-2-3-8-13/h2-3,10H,4-9H2,1H3,(H,14,15). The highest BCUT2D eigenvalue weighted by atomic mass is 16.4. The smallest absolute Gasteiger partial charge is 0.324 e. The van der Waals surface area contributed by atoms with E-state index >= 15 is 0 Å². The third-order valence-electron chi connectivity index (χ3n) is 3.80. The molecular weight excluding hydrogens is 190 g/mol. The third-order valence-corrected chi connectivity index (χ3v) is 3.80. The monoisotopic (exact) mass is 209 g/mol. The van der Waals surface area contributed by atoms with Crippen LogP contribution in [-0.2, 0) is 4.79 Å². The fourth-order valence-corrected chi connectivity index (χ4v) is 2.97. The van der Waals surface area contributed by atoms with Gasteiger partial charge in [0, 0.05) is 13.1 Å². The van der Waals surface area contributed by atoms with Gasteiger partial charge in [-0.25, -0.2) is 0 Å². The molecule has 2 rings (SSSR count). The van der Waals surface area contributed by atoms with Gasteiger partial charge in [0.05, 0.1) is 0 Å². The Balaban J connectivity index is 2.19. The molecule has 15 heavy (non-hydrogen) atoms. The lowest BCUT2D eigenvalue weighted by molar-refractivity contribution is -0.154. The zero-order valence-corrected chi connectivity index (χ0v) is 9.28. The number of carboxylic acids is 1. The molecule has 1 aliphatic carbocycles. The Morgan fingerprint density at radius 2 is 2.13 bits per heavy atom. The lowest BCUT2D eigenvalue weighted by Gasteiger charge is -2.43. The molecule has 1 aliphatic heterocycles. The molecule has 0 bridgehead atoms. The minimum Gasteiger partial charge on any atom is -0.480 e. The molecule has 2 unspecified atom stereocenters. The van der Waals surface area contributed by atoms with Gasteiger partial charge < -0.3 is 5.11 Å². The summed E-state index contributed by atoms with van der Waals surface area (Å²) in [5.74, 6) is -0.0896. The zero-order valence-electron chi connectivity index (χ0n) is 9.28. The maximum atomic E-state index is 11.5. The van der Waals surface area contributed by atoms with E-state index in [0.717, 1.165) is 32.4 Å². The number of carboxylic acid groups (broad SMARTS) is 1. The van der Waals surface area contributed by atoms with Crippen molar-refractivity contribution in [2.75, 3.05) is 13.1 Å². The first-order valence-corrected chi connectivity index (χ1v) is 5.78. The molecule has 84 valence electrons. The summed E-state index contributed by atoms with van der Waals surface area (Å²) < 4.78 is 0. The number of carbonyl (C=O) groups is 1. The van der Waals surface area contributed by atoms with Gasteiger partial charge in [-0.05, 0) is 18.8 Å². The topological polar surface area (TPSA) is 40.5 Å². The molecule has 0 aromatic carbocycles. The highest BCUT2D eigenvalue weighted by Crippen LogP contribution is 2.37. The summed E-state index contributed by atoms with van der Waals surface area (Å²) in [7, 11) is 0. The number of hydrogen-bond donors (Lipinski definition) is 1. The molecule has 0 spiro atoms. The van der Waals surface area contributed by atoms with Gasteiger partial charge in [0.25, 0.3) is 0 Å². The molecule has 1 heterocycles. The largest absolute Gasteiger partial charge is 0.480 e. The van der Waals surface area contributed by atoms with Gasteiger partial charge in [-0.1, -0.05) is 31.9 Å². The minimum absolute atomic E-state index is 0.537. The summed E-state index contributed by atoms with van der Waals surface area (Å²) in [6, 6.07) is 0. The molecule has 0 aromatic rings. The zero-order chi connectivity index (χ0) is 10.9. The first-order valence-electron chi connectivity index (χ1n) is 5.78. The highest BCUT2D eigenvalue weighted by Gasteiger charge is 2.46. The maximum absolute atomic E-state index is 11.5. The Morgan fingerprint density at radius 3 is 2.67 bits per heavy atom. The molecule has 1 N–H and O–H groups in total. The lowest BCUT2D eigenvalue weighted by Crippen LogP contribution is -2.56. The van der Waals surface area contributed by atoms with Crippen LogP contribution >= 0.6 is 0 Å². The summed E-state index contributed by atoms with van der Waals surface area (Å²) in [4.78, 5) is 13.7. The van der Waals surface area contributed by atoms with Crippen molar-refractivity contribution >= 4 is 5.97 Å². The van der Waals surface area contributed by atoms with Crippen LogP contribution in [-0.4, -0.2) is 34.6 Å². The van der Waals surface area contributed by atoms with Crippen molar-refractivity contribution in [1.29, 1.82) is 0 Å². The van der Waals surface area contributed by atoms with E-state index in [1.54, 1.807) is 0 Å². The van der Waals surface area contributed by atoms with Crippen LogP contribution in [0.5, 0.6) is 0 Å². The van der Waals surface area contributed by atoms with Crippen LogP contribution in [0.1, 0.15) is 32.6 Å². The predicted octanol–water partition coefficient (Wildman–Crippen LogP) is 1.89. The van der Waals surface area contributed by atoms with E-state index in [0.29, 0.717) is 5.92 Å². The van der Waals surface area contributed by atoms with Crippen molar-refractivity contribution < 1.29 is 9.90 Å². The average molecular weight is 209 g/mol. The van der Waals surface area contributed by atoms with E-state index in [-0.39, 0.29) is 0 Å². The average Bonchev–Trinajstić information content (AvgIpc) is 2.70. The second-order valence-electron chi connectivity index (χ2n) is 4.91. The Bertz CT molecular complexity index is 279. The summed E-state index contributed by atoms with van der Waals surface area (Å²) in [6.07, 6.45) is 7.99. The Morgan fingerprint density at radius 1 is 1.47 bits per heavy atom. The SMILES string of the molecule is CC1CCCC(C(=O)O)(N2CC=CC2)C1. The molecule has 0 amide bonds. The van der Waals surface area contributed by atoms with E-state index in [9.17, 15) is 9.90 Å². The Hall–Kier alpha value is -0.830. The van der Waals surface area contributed by atoms with Gasteiger partial charge in [0.1, 0.15) is 5.54 Å². The van der Waals surface area contributed by atoms with Crippen LogP contribution in [0.2, 0.25) is 0 Å². The van der Waals surface area contributed by atoms with Crippen LogP contribution in [0.4, 0.5) is 0 Å². The fraction of sp³-hybridized carbons (Fsp3) is 0.750. The van der Waals surface area contributed by atoms with Crippen molar-refractivity contribution in [1.82, 2.24) is 4.90 Å². The van der Waals surface area contributed by atoms with Gasteiger partial charge in [-0.15, -0.1) is 0 Å². The molecule has 0 aromatic heterocycles. The Labute approximate surface area is 90.8 Å². The van der Waals surface area contributed by atoms with E-state index in [1.807, 2.05) is 0 Å². The van der Waals surface area contributed by atoms with Crippen LogP contribution in [0.25, 0.3) is 0 Å².